The van der Waals surface area contributed by atoms with Gasteiger partial charge in [0, 0.05) is 17.8 Å². The molecule has 0 aliphatic heterocycles. The third-order valence-corrected chi connectivity index (χ3v) is 2.61. The van der Waals surface area contributed by atoms with E-state index < -0.39 is 4.92 Å². The minimum absolute atomic E-state index is 0.0447. The van der Waals surface area contributed by atoms with E-state index in [-0.39, 0.29) is 23.6 Å². The quantitative estimate of drug-likeness (QED) is 0.608. The van der Waals surface area contributed by atoms with Crippen molar-refractivity contribution in [2.75, 3.05) is 19.0 Å². The van der Waals surface area contributed by atoms with Gasteiger partial charge in [0.2, 0.25) is 0 Å². The molecule has 1 aromatic heterocycles. The number of methoxy groups -OCH3 is 1. The number of ether oxygens (including phenoxy) is 2. The SMILES string of the molecule is COc1nonc1O[C@H](C)CNc1ccc([N+](=O)[O-])cc1. The summed E-state index contributed by atoms with van der Waals surface area (Å²) in [6.07, 6.45) is -0.235. The van der Waals surface area contributed by atoms with E-state index in [0.29, 0.717) is 6.54 Å². The maximum Gasteiger partial charge on any atom is 0.320 e. The zero-order chi connectivity index (χ0) is 15.2. The van der Waals surface area contributed by atoms with E-state index in [1.807, 2.05) is 6.92 Å². The third-order valence-electron chi connectivity index (χ3n) is 2.61. The van der Waals surface area contributed by atoms with Crippen molar-refractivity contribution in [3.8, 4) is 11.8 Å². The number of nitro groups is 1. The molecule has 9 nitrogen and oxygen atoms in total. The van der Waals surface area contributed by atoms with E-state index >= 15 is 0 Å². The van der Waals surface area contributed by atoms with Gasteiger partial charge in [0.25, 0.3) is 5.69 Å². The molecule has 0 radical (unpaired) electrons. The minimum Gasteiger partial charge on any atom is -0.475 e. The number of nitrogens with zero attached hydrogens (tertiary/aromatic N) is 3. The van der Waals surface area contributed by atoms with E-state index in [0.717, 1.165) is 5.69 Å². The fourth-order valence-electron chi connectivity index (χ4n) is 1.56. The second-order valence-electron chi connectivity index (χ2n) is 4.19. The summed E-state index contributed by atoms with van der Waals surface area (Å²) >= 11 is 0. The molecule has 1 aromatic carbocycles. The molecule has 0 aliphatic rings. The van der Waals surface area contributed by atoms with Crippen LogP contribution in [0.3, 0.4) is 0 Å². The molecule has 0 unspecified atom stereocenters. The summed E-state index contributed by atoms with van der Waals surface area (Å²) in [7, 11) is 1.44. The van der Waals surface area contributed by atoms with Crippen molar-refractivity contribution in [2.45, 2.75) is 13.0 Å². The number of nitro benzene ring substituents is 1. The summed E-state index contributed by atoms with van der Waals surface area (Å²) < 4.78 is 14.9. The predicted octanol–water partition coefficient (Wildman–Crippen LogP) is 1.87. The van der Waals surface area contributed by atoms with Crippen LogP contribution < -0.4 is 14.8 Å². The maximum absolute atomic E-state index is 10.5. The van der Waals surface area contributed by atoms with Crippen LogP contribution in [0.25, 0.3) is 0 Å². The first-order valence-corrected chi connectivity index (χ1v) is 6.11. The highest BCUT2D eigenvalue weighted by Gasteiger charge is 2.15. The molecule has 2 rings (SSSR count). The number of rotatable bonds is 7. The Kier molecular flexibility index (Phi) is 4.54. The molecular formula is C12H14N4O5. The van der Waals surface area contributed by atoms with Crippen LogP contribution in [0.5, 0.6) is 11.8 Å². The molecule has 2 aromatic rings. The van der Waals surface area contributed by atoms with Gasteiger partial charge < -0.3 is 14.8 Å². The van der Waals surface area contributed by atoms with E-state index in [4.69, 9.17) is 9.47 Å². The highest BCUT2D eigenvalue weighted by atomic mass is 16.6. The Morgan fingerprint density at radius 2 is 2.00 bits per heavy atom. The van der Waals surface area contributed by atoms with Crippen molar-refractivity contribution in [3.05, 3.63) is 34.4 Å². The fraction of sp³-hybridized carbons (Fsp3) is 0.333. The predicted molar refractivity (Wildman–Crippen MR) is 72.5 cm³/mol. The van der Waals surface area contributed by atoms with Crippen LogP contribution in [0, 0.1) is 10.1 Å². The molecule has 0 aliphatic carbocycles. The van der Waals surface area contributed by atoms with Gasteiger partial charge in [-0.2, -0.15) is 0 Å². The van der Waals surface area contributed by atoms with E-state index in [2.05, 4.69) is 20.3 Å². The normalized spacial score (nSPS) is 11.7. The highest BCUT2D eigenvalue weighted by Crippen LogP contribution is 2.22. The lowest BCUT2D eigenvalue weighted by atomic mass is 10.2. The van der Waals surface area contributed by atoms with Crippen molar-refractivity contribution in [1.29, 1.82) is 0 Å². The number of benzene rings is 1. The van der Waals surface area contributed by atoms with Crippen molar-refractivity contribution >= 4 is 11.4 Å². The largest absolute Gasteiger partial charge is 0.475 e. The molecule has 0 amide bonds. The van der Waals surface area contributed by atoms with Crippen LogP contribution in [0.4, 0.5) is 11.4 Å². The van der Waals surface area contributed by atoms with Gasteiger partial charge in [-0.25, -0.2) is 4.63 Å². The Hall–Kier alpha value is -2.84. The molecule has 9 heteroatoms. The monoisotopic (exact) mass is 294 g/mol. The van der Waals surface area contributed by atoms with Crippen LogP contribution in [0.1, 0.15) is 6.92 Å². The fourth-order valence-corrected chi connectivity index (χ4v) is 1.56. The third kappa shape index (κ3) is 3.81. The summed E-state index contributed by atoms with van der Waals surface area (Å²) in [5, 5.41) is 20.7. The average molecular weight is 294 g/mol. The van der Waals surface area contributed by atoms with Crippen LogP contribution in [0.15, 0.2) is 28.9 Å². The smallest absolute Gasteiger partial charge is 0.320 e. The van der Waals surface area contributed by atoms with Gasteiger partial charge in [0.1, 0.15) is 6.10 Å². The van der Waals surface area contributed by atoms with Crippen molar-refractivity contribution in [2.24, 2.45) is 0 Å². The number of nitrogens with one attached hydrogen (secondary N) is 1. The second-order valence-corrected chi connectivity index (χ2v) is 4.19. The number of anilines is 1. The number of non-ortho nitro benzene ring substituents is 1. The maximum atomic E-state index is 10.5. The summed E-state index contributed by atoms with van der Waals surface area (Å²) in [5.41, 5.74) is 0.796. The summed E-state index contributed by atoms with van der Waals surface area (Å²) in [6, 6.07) is 6.11. The molecule has 112 valence electrons. The molecule has 1 atom stereocenters. The van der Waals surface area contributed by atoms with E-state index in [1.54, 1.807) is 12.1 Å². The summed E-state index contributed by atoms with van der Waals surface area (Å²) in [6.45, 7) is 2.29. The second kappa shape index (κ2) is 6.55. The molecular weight excluding hydrogens is 280 g/mol. The van der Waals surface area contributed by atoms with Crippen molar-refractivity contribution in [3.63, 3.8) is 0 Å². The van der Waals surface area contributed by atoms with Gasteiger partial charge in [0.05, 0.1) is 18.6 Å². The van der Waals surface area contributed by atoms with Crippen molar-refractivity contribution in [1.82, 2.24) is 10.3 Å². The topological polar surface area (TPSA) is 113 Å². The Morgan fingerprint density at radius 3 is 2.62 bits per heavy atom. The molecule has 1 N–H and O–H groups in total. The number of aromatic nitrogens is 2. The van der Waals surface area contributed by atoms with Gasteiger partial charge in [-0.1, -0.05) is 0 Å². The van der Waals surface area contributed by atoms with Crippen LogP contribution >= 0.6 is 0 Å². The van der Waals surface area contributed by atoms with Gasteiger partial charge >= 0.3 is 11.8 Å². The molecule has 21 heavy (non-hydrogen) atoms. The first kappa shape index (κ1) is 14.6. The molecule has 1 heterocycles. The van der Waals surface area contributed by atoms with E-state index in [1.165, 1.54) is 19.2 Å². The molecule has 0 bridgehead atoms. The number of hydrogen-bond donors (Lipinski definition) is 1. The van der Waals surface area contributed by atoms with Gasteiger partial charge in [-0.3, -0.25) is 10.1 Å². The number of hydrogen-bond acceptors (Lipinski definition) is 8. The average Bonchev–Trinajstić information content (AvgIpc) is 2.92. The lowest BCUT2D eigenvalue weighted by molar-refractivity contribution is -0.384. The first-order valence-electron chi connectivity index (χ1n) is 6.11. The molecule has 0 saturated carbocycles. The van der Waals surface area contributed by atoms with Crippen LogP contribution in [-0.2, 0) is 0 Å². The Morgan fingerprint density at radius 1 is 1.33 bits per heavy atom. The van der Waals surface area contributed by atoms with Gasteiger partial charge in [0.15, 0.2) is 0 Å². The summed E-state index contributed by atoms with van der Waals surface area (Å²) in [4.78, 5) is 10.1. The molecule has 0 saturated heterocycles. The molecule has 0 spiro atoms. The lowest BCUT2D eigenvalue weighted by Crippen LogP contribution is -2.23. The van der Waals surface area contributed by atoms with Crippen molar-refractivity contribution < 1.29 is 19.0 Å². The van der Waals surface area contributed by atoms with Gasteiger partial charge in [-0.05, 0) is 29.4 Å². The first-order chi connectivity index (χ1) is 10.1. The Bertz CT molecular complexity index is 598. The van der Waals surface area contributed by atoms with Gasteiger partial charge in [-0.15, -0.1) is 0 Å². The zero-order valence-electron chi connectivity index (χ0n) is 11.5. The highest BCUT2D eigenvalue weighted by molar-refractivity contribution is 5.48. The van der Waals surface area contributed by atoms with Crippen LogP contribution in [0.2, 0.25) is 0 Å². The molecule has 0 fully saturated rings. The Labute approximate surface area is 120 Å². The zero-order valence-corrected chi connectivity index (χ0v) is 11.5. The standard InChI is InChI=1S/C12H14N4O5/c1-8(20-12-11(19-2)14-21-15-12)7-13-9-3-5-10(6-4-9)16(17)18/h3-6,8,13H,7H2,1-2H3/t8-/m1/s1. The Balaban J connectivity index is 1.86. The minimum atomic E-state index is -0.445. The van der Waals surface area contributed by atoms with Crippen LogP contribution in [-0.4, -0.2) is 35.0 Å². The lowest BCUT2D eigenvalue weighted by Gasteiger charge is -2.14. The summed E-state index contributed by atoms with van der Waals surface area (Å²) in [5.74, 6) is 0.354. The van der Waals surface area contributed by atoms with E-state index in [9.17, 15) is 10.1 Å².